The molecule has 5 N–H and O–H groups in total. The van der Waals surface area contributed by atoms with Crippen LogP contribution in [0.15, 0.2) is 103 Å². The lowest BCUT2D eigenvalue weighted by atomic mass is 9.52. The third kappa shape index (κ3) is 13.5. The number of nitrogens with one attached hydrogen (secondary N) is 2. The van der Waals surface area contributed by atoms with Gasteiger partial charge in [0.25, 0.3) is 0 Å². The van der Waals surface area contributed by atoms with E-state index in [1.165, 1.54) is 19.1 Å². The first-order valence-electron chi connectivity index (χ1n) is 26.2. The third-order valence-electron chi connectivity index (χ3n) is 15.0. The second-order valence-electron chi connectivity index (χ2n) is 22.3. The van der Waals surface area contributed by atoms with E-state index in [0.717, 1.165) is 12.5 Å². The molecule has 3 aromatic rings. The molecule has 428 valence electrons. The lowest BCUT2D eigenvalue weighted by molar-refractivity contribution is -0.338. The second kappa shape index (κ2) is 24.7. The highest BCUT2D eigenvalue weighted by atomic mass is 16.6. The summed E-state index contributed by atoms with van der Waals surface area (Å²) in [6.07, 6.45) is -11.2. The molecular weight excluding hydrogens is 1030 g/mol. The van der Waals surface area contributed by atoms with Crippen LogP contribution in [0.5, 0.6) is 0 Å². The van der Waals surface area contributed by atoms with Gasteiger partial charge in [-0.25, -0.2) is 24.0 Å². The number of ketones is 1. The molecule has 0 radical (unpaired) electrons. The van der Waals surface area contributed by atoms with Gasteiger partial charge in [-0.1, -0.05) is 98.8 Å². The number of esters is 4. The van der Waals surface area contributed by atoms with E-state index < -0.39 is 137 Å². The van der Waals surface area contributed by atoms with Crippen LogP contribution in [0.2, 0.25) is 0 Å². The van der Waals surface area contributed by atoms with Crippen LogP contribution in [0, 0.1) is 22.7 Å². The predicted octanol–water partition coefficient (Wildman–Crippen LogP) is 5.02. The maximum atomic E-state index is 15.2. The van der Waals surface area contributed by atoms with Gasteiger partial charge in [-0.15, -0.1) is 0 Å². The van der Waals surface area contributed by atoms with Crippen molar-refractivity contribution in [2.24, 2.45) is 22.7 Å². The number of fused-ring (bicyclic) bond motifs is 4. The maximum Gasteiger partial charge on any atom is 0.408 e. The first-order valence-corrected chi connectivity index (χ1v) is 26.2. The monoisotopic (exact) mass is 1100 g/mol. The number of alkyl carbamates (subject to hydrolysis) is 2. The van der Waals surface area contributed by atoms with E-state index in [0.29, 0.717) is 0 Å². The van der Waals surface area contributed by atoms with Gasteiger partial charge in [-0.3, -0.25) is 9.59 Å². The van der Waals surface area contributed by atoms with E-state index in [9.17, 15) is 39.3 Å². The molecule has 21 nitrogen and oxygen atoms in total. The van der Waals surface area contributed by atoms with Gasteiger partial charge < -0.3 is 68.6 Å². The molecule has 2 unspecified atom stereocenters. The van der Waals surface area contributed by atoms with Crippen molar-refractivity contribution in [1.82, 2.24) is 10.6 Å². The van der Waals surface area contributed by atoms with Crippen LogP contribution in [0.1, 0.15) is 95.8 Å². The smallest absolute Gasteiger partial charge is 0.408 e. The molecule has 3 fully saturated rings. The van der Waals surface area contributed by atoms with Crippen molar-refractivity contribution in [2.75, 3.05) is 39.6 Å². The molecule has 0 bridgehead atoms. The fourth-order valence-corrected chi connectivity index (χ4v) is 11.6. The summed E-state index contributed by atoms with van der Waals surface area (Å²) >= 11 is 0. The lowest BCUT2D eigenvalue weighted by Gasteiger charge is -2.63. The Morgan fingerprint density at radius 3 is 2.08 bits per heavy atom. The summed E-state index contributed by atoms with van der Waals surface area (Å²) in [7, 11) is 0. The van der Waals surface area contributed by atoms with E-state index in [2.05, 4.69) is 10.6 Å². The third-order valence-corrected chi connectivity index (χ3v) is 15.0. The minimum Gasteiger partial charge on any atom is -0.455 e. The number of hydrogen-bond donors (Lipinski definition) is 5. The van der Waals surface area contributed by atoms with E-state index >= 15 is 9.59 Å². The van der Waals surface area contributed by atoms with Gasteiger partial charge in [0.05, 0.1) is 49.4 Å². The topological polar surface area (TPSA) is 287 Å². The predicted molar refractivity (Wildman–Crippen MR) is 278 cm³/mol. The summed E-state index contributed by atoms with van der Waals surface area (Å²) in [5.41, 5.74) is -7.52. The van der Waals surface area contributed by atoms with Crippen molar-refractivity contribution in [2.45, 2.75) is 134 Å². The summed E-state index contributed by atoms with van der Waals surface area (Å²) in [4.78, 5) is 97.5. The Labute approximate surface area is 458 Å². The highest BCUT2D eigenvalue weighted by Crippen LogP contribution is 2.63. The molecule has 21 heteroatoms. The van der Waals surface area contributed by atoms with Crippen LogP contribution in [-0.2, 0) is 68.4 Å². The molecule has 0 aromatic heterocycles. The van der Waals surface area contributed by atoms with E-state index in [1.807, 2.05) is 30.3 Å². The van der Waals surface area contributed by atoms with Gasteiger partial charge in [0.15, 0.2) is 11.4 Å². The minimum absolute atomic E-state index is 0.0174. The molecule has 1 aliphatic heterocycles. The molecule has 1 heterocycles. The zero-order chi connectivity index (χ0) is 57.5. The summed E-state index contributed by atoms with van der Waals surface area (Å²) in [6, 6.07) is 23.5. The number of rotatable bonds is 19. The van der Waals surface area contributed by atoms with Crippen molar-refractivity contribution in [3.05, 3.63) is 119 Å². The molecule has 4 aliphatic rings. The summed E-state index contributed by atoms with van der Waals surface area (Å²) in [5.74, 6) is -8.21. The quantitative estimate of drug-likeness (QED) is 0.0456. The van der Waals surface area contributed by atoms with Crippen LogP contribution in [0.3, 0.4) is 0 Å². The summed E-state index contributed by atoms with van der Waals surface area (Å²) in [6.45, 7) is 11.3. The summed E-state index contributed by atoms with van der Waals surface area (Å²) in [5, 5.41) is 43.7. The molecule has 79 heavy (non-hydrogen) atoms. The van der Waals surface area contributed by atoms with E-state index in [4.69, 9.17) is 42.6 Å². The van der Waals surface area contributed by atoms with Gasteiger partial charge in [0.2, 0.25) is 6.10 Å². The Hall–Kier alpha value is -6.75. The van der Waals surface area contributed by atoms with Crippen LogP contribution in [0.25, 0.3) is 0 Å². The van der Waals surface area contributed by atoms with Crippen LogP contribution in [0.4, 0.5) is 9.59 Å². The molecule has 3 aromatic carbocycles. The van der Waals surface area contributed by atoms with Crippen molar-refractivity contribution in [1.29, 1.82) is 0 Å². The van der Waals surface area contributed by atoms with Gasteiger partial charge in [-0.2, -0.15) is 0 Å². The fraction of sp³-hybridized carbons (Fsp3) is 0.534. The number of aliphatic hydroxyl groups is 3. The van der Waals surface area contributed by atoms with Gasteiger partial charge >= 0.3 is 36.1 Å². The number of ether oxygens (including phenoxy) is 9. The van der Waals surface area contributed by atoms with Crippen LogP contribution >= 0.6 is 0 Å². The molecule has 2 amide bonds. The average Bonchev–Trinajstić information content (AvgIpc) is 3.33. The van der Waals surface area contributed by atoms with E-state index in [-0.39, 0.29) is 62.7 Å². The number of aliphatic hydroxyl groups excluding tert-OH is 2. The number of allylic oxidation sites excluding steroid dienone is 1. The lowest BCUT2D eigenvalue weighted by Crippen LogP contribution is -2.78. The molecule has 12 atom stereocenters. The fourth-order valence-electron chi connectivity index (χ4n) is 11.6. The first-order chi connectivity index (χ1) is 37.3. The number of benzene rings is 3. The number of Topliss-reactive ketones (excluding diaryl/α,β-unsaturated/α-hetero) is 1. The SMILES string of the molecule is CC(=O)O[C@@]12COC1C[C@H](O)[C@@]1(C)C(=O)[C@H](O)C3C(C)(C)C=C(C)[C@@H](OC(=O)[C@H](OC(=O)COCCOCCNC(=O)OCc4ccccc4)[C@@H](NC(=O)OC(C)(C)C)c4ccccc4)C[C@@]3(O)[C@@H](OC(=O)c3ccccc3)[C@@H]12. The van der Waals surface area contributed by atoms with Crippen molar-refractivity contribution < 1.29 is 91.5 Å². The van der Waals surface area contributed by atoms with Gasteiger partial charge in [-0.05, 0) is 68.9 Å². The Bertz CT molecular complexity index is 2700. The summed E-state index contributed by atoms with van der Waals surface area (Å²) < 4.78 is 52.5. The second-order valence-corrected chi connectivity index (χ2v) is 22.3. The zero-order valence-electron chi connectivity index (χ0n) is 45.7. The number of amides is 2. The highest BCUT2D eigenvalue weighted by molar-refractivity contribution is 5.92. The number of hydrogen-bond acceptors (Lipinski definition) is 19. The minimum atomic E-state index is -2.60. The number of carbonyl (C=O) groups excluding carboxylic acids is 7. The first kappa shape index (κ1) is 59.9. The highest BCUT2D eigenvalue weighted by Gasteiger charge is 2.78. The van der Waals surface area contributed by atoms with Crippen molar-refractivity contribution >= 4 is 41.8 Å². The standard InChI is InChI=1S/C58H72N2O19/c1-34-29-55(6,7)46-44(64)48(65)56(8)40(62)28-41-58(33-74-41,78-35(2)61)47(56)49(77-50(66)38-22-16-11-17-23-38)57(46,70)30-39(34)75-51(67)45(43(37-20-14-10-15-21-37)60-53(69)79-54(3,4)5)76-42(63)32-72-27-26-71-25-24-59-52(68)73-31-36-18-12-9-13-19-36/h9-23,29,39-41,43-47,49,62,64,70H,24-28,30-33H2,1-8H3,(H,59,68)(H,60,69)/t39-,40-,41?,43-,44+,45+,46?,47-,49-,56+,57-,58-/m0/s1. The zero-order valence-corrected chi connectivity index (χ0v) is 45.7. The average molecular weight is 1100 g/mol. The Morgan fingerprint density at radius 1 is 0.823 bits per heavy atom. The molecular formula is C58H72N2O19. The van der Waals surface area contributed by atoms with Crippen LogP contribution in [-0.4, -0.2) is 150 Å². The van der Waals surface area contributed by atoms with Gasteiger partial charge in [0, 0.05) is 32.2 Å². The van der Waals surface area contributed by atoms with Crippen LogP contribution < -0.4 is 10.6 Å². The molecule has 1 saturated heterocycles. The molecule has 7 rings (SSSR count). The van der Waals surface area contributed by atoms with Crippen molar-refractivity contribution in [3.8, 4) is 0 Å². The molecule has 2 saturated carbocycles. The Balaban J connectivity index is 1.19. The Kier molecular flexibility index (Phi) is 18.7. The van der Waals surface area contributed by atoms with Crippen molar-refractivity contribution in [3.63, 3.8) is 0 Å². The van der Waals surface area contributed by atoms with Gasteiger partial charge in [0.1, 0.15) is 54.9 Å². The Morgan fingerprint density at radius 2 is 1.46 bits per heavy atom. The normalized spacial score (nSPS) is 28.6. The largest absolute Gasteiger partial charge is 0.455 e. The maximum absolute atomic E-state index is 15.2. The molecule has 3 aliphatic carbocycles. The molecule has 0 spiro atoms. The number of carbonyl (C=O) groups is 7. The van der Waals surface area contributed by atoms with E-state index in [1.54, 1.807) is 96.1 Å².